The molecule has 0 radical (unpaired) electrons. The monoisotopic (exact) mass is 350 g/mol. The molecule has 0 saturated heterocycles. The highest BCUT2D eigenvalue weighted by molar-refractivity contribution is 7.79. The number of benzene rings is 1. The summed E-state index contributed by atoms with van der Waals surface area (Å²) in [5.74, 6) is -4.27. The molecule has 0 aliphatic heterocycles. The van der Waals surface area contributed by atoms with Crippen LogP contribution in [0.25, 0.3) is 0 Å². The highest BCUT2D eigenvalue weighted by Gasteiger charge is 2.32. The van der Waals surface area contributed by atoms with Gasteiger partial charge in [-0.15, -0.1) is 0 Å². The van der Waals surface area contributed by atoms with Gasteiger partial charge in [-0.05, 0) is 18.2 Å². The first kappa shape index (κ1) is 18.0. The van der Waals surface area contributed by atoms with Gasteiger partial charge in [0, 0.05) is 16.5 Å². The van der Waals surface area contributed by atoms with Crippen LogP contribution in [0.3, 0.4) is 0 Å². The summed E-state index contributed by atoms with van der Waals surface area (Å²) in [4.78, 5) is 35.3. The second kappa shape index (κ2) is 7.79. The van der Waals surface area contributed by atoms with Crippen molar-refractivity contribution in [2.75, 3.05) is 5.75 Å². The Bertz CT molecular complexity index is 602. The van der Waals surface area contributed by atoms with E-state index >= 15 is 0 Å². The van der Waals surface area contributed by atoms with E-state index in [9.17, 15) is 18.6 Å². The molecular weight excluding hydrogens is 339 g/mol. The summed E-state index contributed by atoms with van der Waals surface area (Å²) in [6.45, 7) is 1.38. The first-order valence-corrected chi connectivity index (χ1v) is 7.86. The summed E-state index contributed by atoms with van der Waals surface area (Å²) in [5.41, 5.74) is 0.00355. The number of ketones is 2. The second-order valence-corrected chi connectivity index (χ2v) is 6.21. The summed E-state index contributed by atoms with van der Waals surface area (Å²) in [6.07, 6.45) is 0.215. The number of aldehydes is 1. The van der Waals surface area contributed by atoms with Crippen molar-refractivity contribution < 1.29 is 23.1 Å². The Morgan fingerprint density at radius 3 is 2.48 bits per heavy atom. The Balaban J connectivity index is 3.03. The molecule has 3 atom stereocenters. The Labute approximate surface area is 133 Å². The maximum atomic E-state index is 12.2. The maximum Gasteiger partial charge on any atom is 0.181 e. The zero-order valence-corrected chi connectivity index (χ0v) is 13.2. The first-order valence-electron chi connectivity index (χ1n) is 5.83. The van der Waals surface area contributed by atoms with Crippen LogP contribution in [-0.4, -0.2) is 32.4 Å². The molecular formula is C13H12Cl2O5S. The van der Waals surface area contributed by atoms with Crippen molar-refractivity contribution in [3.63, 3.8) is 0 Å². The molecule has 1 N–H and O–H groups in total. The molecule has 0 bridgehead atoms. The van der Waals surface area contributed by atoms with Gasteiger partial charge in [-0.3, -0.25) is 9.59 Å². The van der Waals surface area contributed by atoms with Crippen molar-refractivity contribution in [3.8, 4) is 0 Å². The van der Waals surface area contributed by atoms with Crippen molar-refractivity contribution in [1.82, 2.24) is 0 Å². The van der Waals surface area contributed by atoms with Crippen LogP contribution < -0.4 is 0 Å². The highest BCUT2D eigenvalue weighted by atomic mass is 35.5. The Kier molecular flexibility index (Phi) is 6.67. The molecule has 8 heteroatoms. The van der Waals surface area contributed by atoms with Crippen LogP contribution in [-0.2, 0) is 20.7 Å². The van der Waals surface area contributed by atoms with Gasteiger partial charge in [0.15, 0.2) is 22.6 Å². The van der Waals surface area contributed by atoms with Gasteiger partial charge in [0.1, 0.15) is 12.2 Å². The molecule has 3 unspecified atom stereocenters. The Morgan fingerprint density at radius 1 is 1.38 bits per heavy atom. The van der Waals surface area contributed by atoms with Gasteiger partial charge < -0.3 is 9.35 Å². The molecule has 0 aromatic heterocycles. The van der Waals surface area contributed by atoms with E-state index in [-0.39, 0.29) is 22.6 Å². The minimum atomic E-state index is -2.19. The molecule has 0 amide bonds. The van der Waals surface area contributed by atoms with Crippen LogP contribution in [0, 0.1) is 11.8 Å². The standard InChI is InChI=1S/C13H12Cl2O5S/c1-7(6-21(19)20)12(17)10(5-16)13(18)9-3-2-8(14)4-11(9)15/h2-5,7,10H,6H2,1H3,(H,19,20). The lowest BCUT2D eigenvalue weighted by molar-refractivity contribution is -0.127. The van der Waals surface area contributed by atoms with Crippen molar-refractivity contribution in [1.29, 1.82) is 0 Å². The lowest BCUT2D eigenvalue weighted by atomic mass is 9.89. The fourth-order valence-electron chi connectivity index (χ4n) is 1.72. The van der Waals surface area contributed by atoms with Gasteiger partial charge >= 0.3 is 0 Å². The fourth-order valence-corrected chi connectivity index (χ4v) is 2.81. The summed E-state index contributed by atoms with van der Waals surface area (Å²) in [7, 11) is 0. The van der Waals surface area contributed by atoms with Crippen molar-refractivity contribution in [3.05, 3.63) is 33.8 Å². The lowest BCUT2D eigenvalue weighted by Crippen LogP contribution is -2.32. The molecule has 1 aromatic rings. The molecule has 0 aliphatic rings. The molecule has 1 aromatic carbocycles. The van der Waals surface area contributed by atoms with E-state index < -0.39 is 34.5 Å². The topological polar surface area (TPSA) is 88.5 Å². The fraction of sp³-hybridized carbons (Fsp3) is 0.308. The van der Waals surface area contributed by atoms with E-state index in [2.05, 4.69) is 0 Å². The van der Waals surface area contributed by atoms with Gasteiger partial charge in [0.05, 0.1) is 10.8 Å². The van der Waals surface area contributed by atoms with Gasteiger partial charge in [0.25, 0.3) is 0 Å². The number of halogens is 2. The largest absolute Gasteiger partial charge is 0.306 e. The van der Waals surface area contributed by atoms with E-state index in [1.807, 2.05) is 0 Å². The van der Waals surface area contributed by atoms with Crippen LogP contribution >= 0.6 is 23.2 Å². The molecule has 21 heavy (non-hydrogen) atoms. The third-order valence-corrected chi connectivity index (χ3v) is 4.13. The summed E-state index contributed by atoms with van der Waals surface area (Å²) < 4.78 is 19.5. The average molecular weight is 351 g/mol. The van der Waals surface area contributed by atoms with Gasteiger partial charge in [-0.25, -0.2) is 4.21 Å². The highest BCUT2D eigenvalue weighted by Crippen LogP contribution is 2.24. The van der Waals surface area contributed by atoms with Crippen LogP contribution in [0.15, 0.2) is 18.2 Å². The summed E-state index contributed by atoms with van der Waals surface area (Å²) in [6, 6.07) is 4.07. The molecule has 0 aliphatic carbocycles. The Hall–Kier alpha value is -1.08. The lowest BCUT2D eigenvalue weighted by Gasteiger charge is -2.14. The number of carbonyl (C=O) groups excluding carboxylic acids is 3. The van der Waals surface area contributed by atoms with E-state index in [0.29, 0.717) is 5.02 Å². The number of hydrogen-bond acceptors (Lipinski definition) is 4. The minimum Gasteiger partial charge on any atom is -0.306 e. The normalized spacial score (nSPS) is 15.0. The van der Waals surface area contributed by atoms with Crippen LogP contribution in [0.5, 0.6) is 0 Å². The molecule has 0 saturated carbocycles. The molecule has 0 fully saturated rings. The first-order chi connectivity index (χ1) is 9.77. The molecule has 0 heterocycles. The van der Waals surface area contributed by atoms with Crippen LogP contribution in [0.2, 0.25) is 10.0 Å². The van der Waals surface area contributed by atoms with Crippen molar-refractivity contribution in [2.45, 2.75) is 6.92 Å². The van der Waals surface area contributed by atoms with Crippen molar-refractivity contribution in [2.24, 2.45) is 11.8 Å². The molecule has 0 spiro atoms. The average Bonchev–Trinajstić information content (AvgIpc) is 2.38. The van der Waals surface area contributed by atoms with E-state index in [0.717, 1.165) is 0 Å². The van der Waals surface area contributed by atoms with Crippen molar-refractivity contribution >= 4 is 52.1 Å². The third-order valence-electron chi connectivity index (χ3n) is 2.80. The predicted molar refractivity (Wildman–Crippen MR) is 80.2 cm³/mol. The van der Waals surface area contributed by atoms with Gasteiger partial charge in [-0.2, -0.15) is 0 Å². The SMILES string of the molecule is CC(CS(=O)O)C(=O)C(C=O)C(=O)c1ccc(Cl)cc1Cl. The second-order valence-electron chi connectivity index (χ2n) is 4.39. The Morgan fingerprint density at radius 2 is 2.00 bits per heavy atom. The molecule has 1 rings (SSSR count). The maximum absolute atomic E-state index is 12.2. The van der Waals surface area contributed by atoms with Crippen LogP contribution in [0.4, 0.5) is 0 Å². The number of carbonyl (C=O) groups is 3. The minimum absolute atomic E-state index is 0.00355. The number of hydrogen-bond donors (Lipinski definition) is 1. The molecule has 5 nitrogen and oxygen atoms in total. The zero-order valence-electron chi connectivity index (χ0n) is 10.9. The molecule has 114 valence electrons. The number of rotatable bonds is 7. The predicted octanol–water partition coefficient (Wildman–Crippen LogP) is 2.42. The van der Waals surface area contributed by atoms with E-state index in [1.165, 1.54) is 25.1 Å². The van der Waals surface area contributed by atoms with E-state index in [1.54, 1.807) is 0 Å². The summed E-state index contributed by atoms with van der Waals surface area (Å²) in [5, 5.41) is 0.347. The van der Waals surface area contributed by atoms with Crippen LogP contribution in [0.1, 0.15) is 17.3 Å². The number of Topliss-reactive ketones (excluding diaryl/α,β-unsaturated/α-hetero) is 2. The zero-order chi connectivity index (χ0) is 16.2. The van der Waals surface area contributed by atoms with Gasteiger partial charge in [0.2, 0.25) is 0 Å². The quantitative estimate of drug-likeness (QED) is 0.353. The van der Waals surface area contributed by atoms with Gasteiger partial charge in [-0.1, -0.05) is 30.1 Å². The third kappa shape index (κ3) is 4.71. The summed E-state index contributed by atoms with van der Waals surface area (Å²) >= 11 is 9.39. The smallest absolute Gasteiger partial charge is 0.181 e. The van der Waals surface area contributed by atoms with E-state index in [4.69, 9.17) is 27.8 Å².